The van der Waals surface area contributed by atoms with E-state index in [4.69, 9.17) is 11.6 Å². The molecule has 72 valence electrons. The Morgan fingerprint density at radius 3 is 2.38 bits per heavy atom. The van der Waals surface area contributed by atoms with Crippen LogP contribution in [-0.4, -0.2) is 5.11 Å². The Bertz CT molecular complexity index is 328. The molecule has 1 nitrogen and oxygen atoms in total. The highest BCUT2D eigenvalue weighted by atomic mass is 35.5. The summed E-state index contributed by atoms with van der Waals surface area (Å²) in [4.78, 5) is 0. The summed E-state index contributed by atoms with van der Waals surface area (Å²) in [5.41, 5.74) is -0.295. The van der Waals surface area contributed by atoms with Gasteiger partial charge in [-0.15, -0.1) is 0 Å². The fourth-order valence-electron chi connectivity index (χ4n) is 1.12. The van der Waals surface area contributed by atoms with E-state index in [1.54, 1.807) is 19.1 Å². The molecule has 0 aliphatic carbocycles. The average molecular weight is 203 g/mol. The van der Waals surface area contributed by atoms with Crippen LogP contribution in [0.3, 0.4) is 0 Å². The van der Waals surface area contributed by atoms with Gasteiger partial charge in [0, 0.05) is 5.56 Å². The van der Waals surface area contributed by atoms with Crippen LogP contribution in [0, 0.1) is 12.7 Å². The molecule has 0 bridgehead atoms. The van der Waals surface area contributed by atoms with Crippen LogP contribution in [0.1, 0.15) is 25.0 Å². The molecule has 1 N–H and O–H groups in total. The second-order valence-electron chi connectivity index (χ2n) is 3.62. The van der Waals surface area contributed by atoms with Crippen molar-refractivity contribution >= 4 is 11.6 Å². The normalized spacial score (nSPS) is 11.8. The van der Waals surface area contributed by atoms with Crippen LogP contribution in [0.2, 0.25) is 5.02 Å². The van der Waals surface area contributed by atoms with Gasteiger partial charge in [-0.1, -0.05) is 23.7 Å². The lowest BCUT2D eigenvalue weighted by atomic mass is 9.97. The number of rotatable bonds is 1. The number of aryl methyl sites for hydroxylation is 1. The minimum absolute atomic E-state index is 0.0830. The second-order valence-corrected chi connectivity index (χ2v) is 3.99. The monoisotopic (exact) mass is 202 g/mol. The maximum Gasteiger partial charge on any atom is 0.148 e. The van der Waals surface area contributed by atoms with Crippen LogP contribution in [-0.2, 0) is 5.60 Å². The van der Waals surface area contributed by atoms with Gasteiger partial charge in [-0.2, -0.15) is 0 Å². The summed E-state index contributed by atoms with van der Waals surface area (Å²) in [5.74, 6) is -0.533. The van der Waals surface area contributed by atoms with Gasteiger partial charge in [0.1, 0.15) is 5.82 Å². The van der Waals surface area contributed by atoms with E-state index in [2.05, 4.69) is 0 Å². The van der Waals surface area contributed by atoms with E-state index in [0.29, 0.717) is 5.56 Å². The zero-order valence-corrected chi connectivity index (χ0v) is 8.61. The van der Waals surface area contributed by atoms with Gasteiger partial charge < -0.3 is 5.11 Å². The molecule has 3 heteroatoms. The number of halogens is 2. The molecule has 1 aromatic carbocycles. The van der Waals surface area contributed by atoms with Gasteiger partial charge in [-0.25, -0.2) is 4.39 Å². The van der Waals surface area contributed by atoms with E-state index in [1.165, 1.54) is 13.8 Å². The van der Waals surface area contributed by atoms with Crippen molar-refractivity contribution in [3.8, 4) is 0 Å². The van der Waals surface area contributed by atoms with E-state index >= 15 is 0 Å². The number of hydrogen-bond donors (Lipinski definition) is 1. The van der Waals surface area contributed by atoms with E-state index in [1.807, 2.05) is 0 Å². The largest absolute Gasteiger partial charge is 0.386 e. The van der Waals surface area contributed by atoms with Crippen LogP contribution in [0.15, 0.2) is 12.1 Å². The quantitative estimate of drug-likeness (QED) is 0.742. The van der Waals surface area contributed by atoms with Crippen molar-refractivity contribution in [2.24, 2.45) is 0 Å². The molecular weight excluding hydrogens is 191 g/mol. The Kier molecular flexibility index (Phi) is 2.64. The van der Waals surface area contributed by atoms with E-state index in [9.17, 15) is 9.50 Å². The second kappa shape index (κ2) is 3.28. The highest BCUT2D eigenvalue weighted by Crippen LogP contribution is 2.29. The van der Waals surface area contributed by atoms with Crippen molar-refractivity contribution in [2.45, 2.75) is 26.4 Å². The van der Waals surface area contributed by atoms with Crippen LogP contribution in [0.5, 0.6) is 0 Å². The molecule has 1 aromatic rings. The summed E-state index contributed by atoms with van der Waals surface area (Å²) < 4.78 is 13.5. The summed E-state index contributed by atoms with van der Waals surface area (Å²) in [7, 11) is 0. The first-order chi connectivity index (χ1) is 5.84. The van der Waals surface area contributed by atoms with E-state index in [0.717, 1.165) is 0 Å². The molecule has 0 amide bonds. The molecule has 0 heterocycles. The standard InChI is InChI=1S/C10H12ClFO/c1-6-4-5-7(10(2,3)13)9(12)8(6)11/h4-5,13H,1-3H3. The van der Waals surface area contributed by atoms with Crippen LogP contribution >= 0.6 is 11.6 Å². The molecule has 0 fully saturated rings. The lowest BCUT2D eigenvalue weighted by Crippen LogP contribution is -2.17. The molecule has 0 unspecified atom stereocenters. The smallest absolute Gasteiger partial charge is 0.148 e. The maximum absolute atomic E-state index is 13.5. The van der Waals surface area contributed by atoms with Crippen molar-refractivity contribution < 1.29 is 9.50 Å². The highest BCUT2D eigenvalue weighted by molar-refractivity contribution is 6.31. The van der Waals surface area contributed by atoms with E-state index in [-0.39, 0.29) is 10.6 Å². The first-order valence-electron chi connectivity index (χ1n) is 4.01. The average Bonchev–Trinajstić information content (AvgIpc) is 1.98. The molecule has 1 rings (SSSR count). The van der Waals surface area contributed by atoms with E-state index < -0.39 is 11.4 Å². The van der Waals surface area contributed by atoms with Gasteiger partial charge in [0.15, 0.2) is 0 Å². The van der Waals surface area contributed by atoms with Gasteiger partial charge in [0.05, 0.1) is 10.6 Å². The topological polar surface area (TPSA) is 20.2 Å². The van der Waals surface area contributed by atoms with Gasteiger partial charge >= 0.3 is 0 Å². The van der Waals surface area contributed by atoms with Crippen molar-refractivity contribution in [2.75, 3.05) is 0 Å². The molecule has 0 saturated carbocycles. The molecule has 13 heavy (non-hydrogen) atoms. The fraction of sp³-hybridized carbons (Fsp3) is 0.400. The third-order valence-electron chi connectivity index (χ3n) is 1.93. The zero-order valence-electron chi connectivity index (χ0n) is 7.86. The minimum Gasteiger partial charge on any atom is -0.386 e. The predicted molar refractivity (Wildman–Crippen MR) is 51.4 cm³/mol. The van der Waals surface area contributed by atoms with Crippen LogP contribution in [0.4, 0.5) is 4.39 Å². The maximum atomic E-state index is 13.5. The summed E-state index contributed by atoms with van der Waals surface area (Å²) in [6.45, 7) is 4.77. The number of benzene rings is 1. The Morgan fingerprint density at radius 1 is 1.38 bits per heavy atom. The predicted octanol–water partition coefficient (Wildman–Crippen LogP) is 3.01. The summed E-state index contributed by atoms with van der Waals surface area (Å²) in [6, 6.07) is 3.25. The highest BCUT2D eigenvalue weighted by Gasteiger charge is 2.22. The summed E-state index contributed by atoms with van der Waals surface area (Å²) >= 11 is 5.70. The molecule has 0 aliphatic rings. The Labute approximate surface area is 82.2 Å². The Morgan fingerprint density at radius 2 is 1.92 bits per heavy atom. The Balaban J connectivity index is 3.35. The molecule has 0 aromatic heterocycles. The Hall–Kier alpha value is -0.600. The lowest BCUT2D eigenvalue weighted by molar-refractivity contribution is 0.0745. The first kappa shape index (κ1) is 10.5. The van der Waals surface area contributed by atoms with Crippen molar-refractivity contribution in [1.82, 2.24) is 0 Å². The lowest BCUT2D eigenvalue weighted by Gasteiger charge is -2.19. The SMILES string of the molecule is Cc1ccc(C(C)(C)O)c(F)c1Cl. The molecule has 0 saturated heterocycles. The van der Waals surface area contributed by atoms with Gasteiger partial charge in [0.2, 0.25) is 0 Å². The fourth-order valence-corrected chi connectivity index (χ4v) is 1.28. The number of hydrogen-bond acceptors (Lipinski definition) is 1. The molecule has 0 atom stereocenters. The summed E-state index contributed by atoms with van der Waals surface area (Å²) in [5, 5.41) is 9.67. The van der Waals surface area contributed by atoms with Gasteiger partial charge in [-0.3, -0.25) is 0 Å². The molecule has 0 aliphatic heterocycles. The molecule has 0 radical (unpaired) electrons. The third-order valence-corrected chi connectivity index (χ3v) is 2.40. The first-order valence-corrected chi connectivity index (χ1v) is 4.39. The zero-order chi connectivity index (χ0) is 10.2. The van der Waals surface area contributed by atoms with Crippen LogP contribution in [0.25, 0.3) is 0 Å². The minimum atomic E-state index is -1.19. The van der Waals surface area contributed by atoms with Crippen molar-refractivity contribution in [3.05, 3.63) is 34.1 Å². The number of aliphatic hydroxyl groups is 1. The van der Waals surface area contributed by atoms with Crippen LogP contribution < -0.4 is 0 Å². The summed E-state index contributed by atoms with van der Waals surface area (Å²) in [6.07, 6.45) is 0. The molecule has 0 spiro atoms. The third kappa shape index (κ3) is 2.01. The van der Waals surface area contributed by atoms with Crippen molar-refractivity contribution in [1.29, 1.82) is 0 Å². The molecular formula is C10H12ClFO. The van der Waals surface area contributed by atoms with Gasteiger partial charge in [-0.05, 0) is 26.3 Å². The van der Waals surface area contributed by atoms with Gasteiger partial charge in [0.25, 0.3) is 0 Å². The van der Waals surface area contributed by atoms with Crippen molar-refractivity contribution in [3.63, 3.8) is 0 Å².